The number of aliphatic hydroxyl groups excluding tert-OH is 1. The van der Waals surface area contributed by atoms with Crippen LogP contribution in [0.2, 0.25) is 0 Å². The molecule has 0 saturated heterocycles. The Morgan fingerprint density at radius 2 is 1.65 bits per heavy atom. The molecule has 0 fully saturated rings. The minimum absolute atomic E-state index is 0.0983. The van der Waals surface area contributed by atoms with Crippen LogP contribution in [-0.4, -0.2) is 40.0 Å². The molecule has 5 nitrogen and oxygen atoms in total. The van der Waals surface area contributed by atoms with Crippen LogP contribution in [0.3, 0.4) is 0 Å². The van der Waals surface area contributed by atoms with E-state index in [-0.39, 0.29) is 11.6 Å². The number of urea groups is 1. The fourth-order valence-electron chi connectivity index (χ4n) is 2.00. The summed E-state index contributed by atoms with van der Waals surface area (Å²) < 4.78 is 28.8. The summed E-state index contributed by atoms with van der Waals surface area (Å²) in [6.45, 7) is 6.20. The lowest BCUT2D eigenvalue weighted by molar-refractivity contribution is -0.173. The SMILES string of the molecule is CC(C)NC(=O)N(C(=O)C(F)(F)C(O)c1ccccc1)C(C)C. The number of hydrogen-bond acceptors (Lipinski definition) is 3. The summed E-state index contributed by atoms with van der Waals surface area (Å²) in [7, 11) is 0. The third-order valence-electron chi connectivity index (χ3n) is 3.11. The fraction of sp³-hybridized carbons (Fsp3) is 0.500. The molecule has 0 aliphatic carbocycles. The van der Waals surface area contributed by atoms with Crippen molar-refractivity contribution in [2.24, 2.45) is 0 Å². The molecule has 1 rings (SSSR count). The second-order valence-corrected chi connectivity index (χ2v) is 5.81. The lowest BCUT2D eigenvalue weighted by Gasteiger charge is -2.31. The normalized spacial score (nSPS) is 13.1. The molecule has 0 saturated carbocycles. The van der Waals surface area contributed by atoms with E-state index in [0.29, 0.717) is 4.90 Å². The van der Waals surface area contributed by atoms with Crippen molar-refractivity contribution in [2.75, 3.05) is 0 Å². The number of nitrogens with zero attached hydrogens (tertiary/aromatic N) is 1. The zero-order valence-electron chi connectivity index (χ0n) is 13.6. The highest BCUT2D eigenvalue weighted by atomic mass is 19.3. The lowest BCUT2D eigenvalue weighted by Crippen LogP contribution is -2.56. The highest BCUT2D eigenvalue weighted by Crippen LogP contribution is 2.33. The van der Waals surface area contributed by atoms with E-state index in [9.17, 15) is 23.5 Å². The molecule has 2 N–H and O–H groups in total. The van der Waals surface area contributed by atoms with Crippen molar-refractivity contribution >= 4 is 11.9 Å². The van der Waals surface area contributed by atoms with Gasteiger partial charge in [0.25, 0.3) is 0 Å². The Kier molecular flexibility index (Phi) is 6.20. The predicted octanol–water partition coefficient (Wildman–Crippen LogP) is 2.71. The monoisotopic (exact) mass is 328 g/mol. The maximum absolute atomic E-state index is 14.4. The number of imide groups is 1. The van der Waals surface area contributed by atoms with Gasteiger partial charge in [0.1, 0.15) is 0 Å². The lowest BCUT2D eigenvalue weighted by atomic mass is 10.0. The third-order valence-corrected chi connectivity index (χ3v) is 3.11. The number of nitrogens with one attached hydrogen (secondary N) is 1. The number of rotatable bonds is 5. The van der Waals surface area contributed by atoms with Gasteiger partial charge in [-0.15, -0.1) is 0 Å². The van der Waals surface area contributed by atoms with E-state index in [0.717, 1.165) is 0 Å². The van der Waals surface area contributed by atoms with Gasteiger partial charge in [-0.2, -0.15) is 8.78 Å². The van der Waals surface area contributed by atoms with Gasteiger partial charge in [-0.25, -0.2) is 4.79 Å². The van der Waals surface area contributed by atoms with Crippen LogP contribution < -0.4 is 5.32 Å². The molecule has 0 radical (unpaired) electrons. The molecule has 1 aromatic rings. The van der Waals surface area contributed by atoms with Crippen molar-refractivity contribution in [1.82, 2.24) is 10.2 Å². The Morgan fingerprint density at radius 1 is 1.13 bits per heavy atom. The number of alkyl halides is 2. The minimum atomic E-state index is -4.13. The van der Waals surface area contributed by atoms with Crippen molar-refractivity contribution in [3.05, 3.63) is 35.9 Å². The molecule has 0 bridgehead atoms. The van der Waals surface area contributed by atoms with Crippen LogP contribution in [0.4, 0.5) is 13.6 Å². The van der Waals surface area contributed by atoms with E-state index in [4.69, 9.17) is 0 Å². The molecule has 1 unspecified atom stereocenters. The van der Waals surface area contributed by atoms with Gasteiger partial charge in [0.15, 0.2) is 6.10 Å². The van der Waals surface area contributed by atoms with E-state index in [2.05, 4.69) is 5.32 Å². The first-order valence-electron chi connectivity index (χ1n) is 7.34. The molecule has 0 aliphatic heterocycles. The predicted molar refractivity (Wildman–Crippen MR) is 82.0 cm³/mol. The van der Waals surface area contributed by atoms with E-state index < -0.39 is 30.0 Å². The van der Waals surface area contributed by atoms with Crippen LogP contribution >= 0.6 is 0 Å². The number of carbonyl (C=O) groups excluding carboxylic acids is 2. The molecule has 1 aromatic carbocycles. The van der Waals surface area contributed by atoms with E-state index in [1.807, 2.05) is 0 Å². The van der Waals surface area contributed by atoms with Gasteiger partial charge >= 0.3 is 17.9 Å². The molecule has 0 aliphatic rings. The van der Waals surface area contributed by atoms with Crippen LogP contribution in [-0.2, 0) is 4.79 Å². The van der Waals surface area contributed by atoms with E-state index >= 15 is 0 Å². The number of halogens is 2. The third kappa shape index (κ3) is 4.48. The number of aliphatic hydroxyl groups is 1. The molecule has 128 valence electrons. The summed E-state index contributed by atoms with van der Waals surface area (Å²) in [5, 5.41) is 12.3. The minimum Gasteiger partial charge on any atom is -0.381 e. The van der Waals surface area contributed by atoms with Crippen LogP contribution in [0.1, 0.15) is 39.4 Å². The standard InChI is InChI=1S/C16H22F2N2O3/c1-10(2)19-15(23)20(11(3)4)14(22)16(17,18)13(21)12-8-6-5-7-9-12/h5-11,13,21H,1-4H3,(H,19,23). The molecule has 0 spiro atoms. The van der Waals surface area contributed by atoms with Crippen LogP contribution in [0, 0.1) is 0 Å². The Labute approximate surface area is 134 Å². The Bertz CT molecular complexity index is 548. The molecular weight excluding hydrogens is 306 g/mol. The summed E-state index contributed by atoms with van der Waals surface area (Å²) in [5.41, 5.74) is -0.0983. The smallest absolute Gasteiger partial charge is 0.354 e. The Hall–Kier alpha value is -2.02. The molecule has 1 atom stereocenters. The van der Waals surface area contributed by atoms with Gasteiger partial charge in [0.2, 0.25) is 0 Å². The van der Waals surface area contributed by atoms with E-state index in [1.165, 1.54) is 38.1 Å². The van der Waals surface area contributed by atoms with Gasteiger partial charge in [-0.1, -0.05) is 30.3 Å². The largest absolute Gasteiger partial charge is 0.381 e. The van der Waals surface area contributed by atoms with Crippen molar-refractivity contribution in [3.63, 3.8) is 0 Å². The molecule has 0 heterocycles. The quantitative estimate of drug-likeness (QED) is 0.873. The second-order valence-electron chi connectivity index (χ2n) is 5.81. The van der Waals surface area contributed by atoms with Crippen molar-refractivity contribution < 1.29 is 23.5 Å². The molecule has 7 heteroatoms. The van der Waals surface area contributed by atoms with Crippen LogP contribution in [0.15, 0.2) is 30.3 Å². The Balaban J connectivity index is 3.08. The first-order chi connectivity index (χ1) is 10.6. The summed E-state index contributed by atoms with van der Waals surface area (Å²) in [6.07, 6.45) is -2.33. The highest BCUT2D eigenvalue weighted by molar-refractivity contribution is 5.98. The summed E-state index contributed by atoms with van der Waals surface area (Å²) in [4.78, 5) is 24.7. The van der Waals surface area contributed by atoms with Gasteiger partial charge in [-0.3, -0.25) is 9.69 Å². The average Bonchev–Trinajstić information content (AvgIpc) is 2.46. The number of amides is 3. The summed E-state index contributed by atoms with van der Waals surface area (Å²) >= 11 is 0. The zero-order chi connectivity index (χ0) is 17.8. The zero-order valence-corrected chi connectivity index (χ0v) is 13.6. The summed E-state index contributed by atoms with van der Waals surface area (Å²) in [6, 6.07) is 5.13. The van der Waals surface area contributed by atoms with E-state index in [1.54, 1.807) is 19.9 Å². The van der Waals surface area contributed by atoms with Gasteiger partial charge in [0, 0.05) is 12.1 Å². The van der Waals surface area contributed by atoms with Gasteiger partial charge in [0.05, 0.1) is 0 Å². The fourth-order valence-corrected chi connectivity index (χ4v) is 2.00. The molecule has 23 heavy (non-hydrogen) atoms. The molecule has 3 amide bonds. The topological polar surface area (TPSA) is 69.6 Å². The number of carbonyl (C=O) groups is 2. The molecular formula is C16H22F2N2O3. The Morgan fingerprint density at radius 3 is 2.09 bits per heavy atom. The number of hydrogen-bond donors (Lipinski definition) is 2. The van der Waals surface area contributed by atoms with Crippen molar-refractivity contribution in [3.8, 4) is 0 Å². The average molecular weight is 328 g/mol. The highest BCUT2D eigenvalue weighted by Gasteiger charge is 2.51. The number of benzene rings is 1. The van der Waals surface area contributed by atoms with Gasteiger partial charge in [-0.05, 0) is 33.3 Å². The first-order valence-corrected chi connectivity index (χ1v) is 7.34. The molecule has 0 aromatic heterocycles. The first kappa shape index (κ1) is 19.0. The van der Waals surface area contributed by atoms with Crippen molar-refractivity contribution in [2.45, 2.75) is 51.8 Å². The maximum atomic E-state index is 14.4. The van der Waals surface area contributed by atoms with Gasteiger partial charge < -0.3 is 10.4 Å². The van der Waals surface area contributed by atoms with Crippen molar-refractivity contribution in [1.29, 1.82) is 0 Å². The maximum Gasteiger partial charge on any atom is 0.354 e. The summed E-state index contributed by atoms with van der Waals surface area (Å²) in [5.74, 6) is -5.86. The van der Waals surface area contributed by atoms with Crippen LogP contribution in [0.25, 0.3) is 0 Å². The second kappa shape index (κ2) is 7.50. The van der Waals surface area contributed by atoms with Crippen LogP contribution in [0.5, 0.6) is 0 Å².